The monoisotopic (exact) mass is 648 g/mol. The molecular formula is C32H37ClO12. The van der Waals surface area contributed by atoms with Gasteiger partial charge in [0.15, 0.2) is 12.2 Å². The predicted octanol–water partition coefficient (Wildman–Crippen LogP) is 3.65. The van der Waals surface area contributed by atoms with E-state index in [1.807, 2.05) is 24.3 Å². The summed E-state index contributed by atoms with van der Waals surface area (Å²) in [5.74, 6) is -4.06. The Balaban J connectivity index is 1.74. The number of hydrogen-bond donors (Lipinski definition) is 0. The topological polar surface area (TPSA) is 142 Å². The second kappa shape index (κ2) is 15.0. The summed E-state index contributed by atoms with van der Waals surface area (Å²) in [6, 6.07) is 12.6. The number of esters is 4. The lowest BCUT2D eigenvalue weighted by Gasteiger charge is -2.50. The number of carbonyl (C=O) groups excluding carboxylic acids is 4. The van der Waals surface area contributed by atoms with Crippen molar-refractivity contribution in [1.82, 2.24) is 0 Å². The molecule has 0 saturated carbocycles. The molecule has 0 bridgehead atoms. The largest absolute Gasteiger partial charge is 0.488 e. The Kier molecular flexibility index (Phi) is 11.4. The van der Waals surface area contributed by atoms with Gasteiger partial charge in [0.25, 0.3) is 0 Å². The van der Waals surface area contributed by atoms with Crippen LogP contribution >= 0.6 is 11.6 Å². The molecule has 0 N–H and O–H groups in total. The van der Waals surface area contributed by atoms with Crippen molar-refractivity contribution >= 4 is 35.5 Å². The molecule has 0 aromatic heterocycles. The van der Waals surface area contributed by atoms with E-state index in [1.54, 1.807) is 18.2 Å². The van der Waals surface area contributed by atoms with Gasteiger partial charge in [-0.25, -0.2) is 0 Å². The fourth-order valence-corrected chi connectivity index (χ4v) is 5.60. The summed E-state index contributed by atoms with van der Waals surface area (Å²) < 4.78 is 45.7. The zero-order valence-corrected chi connectivity index (χ0v) is 26.5. The van der Waals surface area contributed by atoms with Gasteiger partial charge in [-0.15, -0.1) is 0 Å². The normalized spacial score (nSPS) is 26.0. The van der Waals surface area contributed by atoms with Crippen molar-refractivity contribution in [2.24, 2.45) is 0 Å². The second-order valence-electron chi connectivity index (χ2n) is 10.7. The van der Waals surface area contributed by atoms with Gasteiger partial charge in [0, 0.05) is 51.8 Å². The minimum atomic E-state index is -1.92. The summed E-state index contributed by atoms with van der Waals surface area (Å²) in [6.07, 6.45) is -4.16. The first kappa shape index (κ1) is 34.2. The number of ether oxygens (including phenoxy) is 8. The van der Waals surface area contributed by atoms with Crippen molar-refractivity contribution in [3.05, 3.63) is 64.2 Å². The fourth-order valence-electron chi connectivity index (χ4n) is 5.41. The Labute approximate surface area is 266 Å². The van der Waals surface area contributed by atoms with Gasteiger partial charge in [-0.05, 0) is 41.8 Å². The van der Waals surface area contributed by atoms with Crippen molar-refractivity contribution < 1.29 is 57.1 Å². The van der Waals surface area contributed by atoms with Gasteiger partial charge in [0.2, 0.25) is 11.9 Å². The van der Waals surface area contributed by atoms with E-state index >= 15 is 0 Å². The number of methoxy groups -OCH3 is 1. The molecule has 13 heteroatoms. The summed E-state index contributed by atoms with van der Waals surface area (Å²) in [4.78, 5) is 48.6. The number of rotatable bonds is 11. The Bertz CT molecular complexity index is 1370. The highest BCUT2D eigenvalue weighted by Crippen LogP contribution is 2.44. The maximum Gasteiger partial charge on any atom is 0.303 e. The maximum absolute atomic E-state index is 12.4. The van der Waals surface area contributed by atoms with Crippen molar-refractivity contribution in [2.45, 2.75) is 76.8 Å². The third kappa shape index (κ3) is 8.51. The molecule has 0 amide bonds. The molecular weight excluding hydrogens is 612 g/mol. The predicted molar refractivity (Wildman–Crippen MR) is 157 cm³/mol. The van der Waals surface area contributed by atoms with Crippen molar-refractivity contribution in [3.63, 3.8) is 0 Å². The second-order valence-corrected chi connectivity index (χ2v) is 11.1. The summed E-state index contributed by atoms with van der Waals surface area (Å²) >= 11 is 6.64. The zero-order valence-electron chi connectivity index (χ0n) is 25.7. The number of benzene rings is 2. The van der Waals surface area contributed by atoms with E-state index in [2.05, 4.69) is 0 Å². The molecule has 0 aliphatic carbocycles. The highest BCUT2D eigenvalue weighted by Gasteiger charge is 2.61. The lowest BCUT2D eigenvalue weighted by Crippen LogP contribution is -2.67. The molecule has 1 unspecified atom stereocenters. The summed E-state index contributed by atoms with van der Waals surface area (Å²) in [5.41, 5.74) is 1.96. The highest BCUT2D eigenvalue weighted by molar-refractivity contribution is 6.31. The van der Waals surface area contributed by atoms with Crippen LogP contribution in [-0.4, -0.2) is 81.3 Å². The van der Waals surface area contributed by atoms with Crippen LogP contribution < -0.4 is 4.74 Å². The first-order valence-corrected chi connectivity index (χ1v) is 14.8. The summed E-state index contributed by atoms with van der Waals surface area (Å²) in [7, 11) is 1.32. The van der Waals surface area contributed by atoms with Gasteiger partial charge in [-0.2, -0.15) is 0 Å². The molecule has 2 aromatic rings. The maximum atomic E-state index is 12.4. The number of halogens is 1. The first-order valence-electron chi connectivity index (χ1n) is 14.4. The molecule has 2 aliphatic rings. The minimum absolute atomic E-state index is 0.0220. The van der Waals surface area contributed by atoms with E-state index in [-0.39, 0.29) is 6.10 Å². The summed E-state index contributed by atoms with van der Waals surface area (Å²) in [6.45, 7) is 5.51. The quantitative estimate of drug-likeness (QED) is 0.259. The molecule has 4 rings (SSSR count). The van der Waals surface area contributed by atoms with Crippen LogP contribution in [0.25, 0.3) is 0 Å². The van der Waals surface area contributed by atoms with Crippen molar-refractivity contribution in [3.8, 4) is 5.75 Å². The molecule has 0 spiro atoms. The lowest BCUT2D eigenvalue weighted by molar-refractivity contribution is -0.367. The van der Waals surface area contributed by atoms with E-state index in [0.29, 0.717) is 35.8 Å². The van der Waals surface area contributed by atoms with E-state index in [9.17, 15) is 19.2 Å². The van der Waals surface area contributed by atoms with Crippen LogP contribution in [-0.2, 0) is 64.5 Å². The van der Waals surface area contributed by atoms with Crippen LogP contribution in [0.1, 0.15) is 50.8 Å². The van der Waals surface area contributed by atoms with Gasteiger partial charge in [0.05, 0.1) is 13.2 Å². The Morgan fingerprint density at radius 2 is 1.56 bits per heavy atom. The number of hydrogen-bond acceptors (Lipinski definition) is 12. The molecule has 2 heterocycles. The van der Waals surface area contributed by atoms with Gasteiger partial charge >= 0.3 is 23.9 Å². The van der Waals surface area contributed by atoms with Crippen LogP contribution in [0.15, 0.2) is 42.5 Å². The smallest absolute Gasteiger partial charge is 0.303 e. The third-order valence-electron chi connectivity index (χ3n) is 7.30. The van der Waals surface area contributed by atoms with Crippen LogP contribution in [0.3, 0.4) is 0 Å². The van der Waals surface area contributed by atoms with E-state index < -0.39 is 60.7 Å². The van der Waals surface area contributed by atoms with Crippen LogP contribution in [0.2, 0.25) is 5.02 Å². The van der Waals surface area contributed by atoms with Gasteiger partial charge in [0.1, 0.15) is 24.6 Å². The lowest BCUT2D eigenvalue weighted by atomic mass is 9.86. The molecule has 2 fully saturated rings. The molecule has 2 aromatic carbocycles. The molecule has 2 saturated heterocycles. The standard InChI is InChI=1S/C32H37ClO12/c1-18(34)40-17-28-29(41-19(2)35)30(42-20(3)36)31(43-21(4)37)32(38-5,45-28)24-8-11-27(33)23(15-24)14-22-6-9-25(10-7-22)44-26-12-13-39-16-26/h6-11,15,26,28-31H,12-14,16-17H2,1-5H3/t26-,28+,29+,30-,31+,32?/m0/s1. The van der Waals surface area contributed by atoms with Crippen LogP contribution in [0, 0.1) is 0 Å². The minimum Gasteiger partial charge on any atom is -0.488 e. The first-order chi connectivity index (χ1) is 21.4. The Morgan fingerprint density at radius 1 is 0.889 bits per heavy atom. The van der Waals surface area contributed by atoms with E-state index in [1.165, 1.54) is 14.0 Å². The fraction of sp³-hybridized carbons (Fsp3) is 0.500. The Morgan fingerprint density at radius 3 is 2.13 bits per heavy atom. The molecule has 45 heavy (non-hydrogen) atoms. The Hall–Kier alpha value is -3.71. The molecule has 0 radical (unpaired) electrons. The van der Waals surface area contributed by atoms with Gasteiger partial charge in [-0.1, -0.05) is 29.8 Å². The van der Waals surface area contributed by atoms with Gasteiger partial charge < -0.3 is 37.9 Å². The number of carbonyl (C=O) groups is 4. The van der Waals surface area contributed by atoms with E-state index in [0.717, 1.165) is 38.5 Å². The van der Waals surface area contributed by atoms with Crippen LogP contribution in [0.4, 0.5) is 0 Å². The van der Waals surface area contributed by atoms with Crippen LogP contribution in [0.5, 0.6) is 5.75 Å². The summed E-state index contributed by atoms with van der Waals surface area (Å²) in [5, 5.41) is 0.444. The molecule has 2 aliphatic heterocycles. The molecule has 244 valence electrons. The van der Waals surface area contributed by atoms with Crippen molar-refractivity contribution in [2.75, 3.05) is 26.9 Å². The third-order valence-corrected chi connectivity index (χ3v) is 7.67. The van der Waals surface area contributed by atoms with Crippen molar-refractivity contribution in [1.29, 1.82) is 0 Å². The molecule has 6 atom stereocenters. The zero-order chi connectivity index (χ0) is 32.7. The highest BCUT2D eigenvalue weighted by atomic mass is 35.5. The van der Waals surface area contributed by atoms with Gasteiger partial charge in [-0.3, -0.25) is 19.2 Å². The molecule has 12 nitrogen and oxygen atoms in total. The van der Waals surface area contributed by atoms with E-state index in [4.69, 9.17) is 49.5 Å². The SMILES string of the molecule is COC1(c2ccc(Cl)c(Cc3ccc(O[C@H]4CCOC4)cc3)c2)O[C@H](COC(C)=O)[C@@H](OC(C)=O)[C@H](OC(C)=O)[C@H]1OC(C)=O. The average Bonchev–Trinajstić information content (AvgIpc) is 3.49. The average molecular weight is 649 g/mol.